The minimum Gasteiger partial charge on any atom is -0.258 e. The lowest BCUT2D eigenvalue weighted by Gasteiger charge is -2.06. The third-order valence-electron chi connectivity index (χ3n) is 4.95. The first-order valence-electron chi connectivity index (χ1n) is 9.13. The lowest BCUT2D eigenvalue weighted by molar-refractivity contribution is -0.384. The average molecular weight is 365 g/mol. The van der Waals surface area contributed by atoms with Gasteiger partial charge in [0.15, 0.2) is 0 Å². The van der Waals surface area contributed by atoms with Gasteiger partial charge in [-0.05, 0) is 57.6 Å². The zero-order valence-corrected chi connectivity index (χ0v) is 15.5. The molecule has 28 heavy (non-hydrogen) atoms. The fraction of sp³-hybridized carbons (Fsp3) is 0.0400. The molecule has 136 valence electrons. The molecule has 0 aromatic heterocycles. The van der Waals surface area contributed by atoms with E-state index in [2.05, 4.69) is 67.6 Å². The van der Waals surface area contributed by atoms with Crippen molar-refractivity contribution >= 4 is 28.6 Å². The van der Waals surface area contributed by atoms with E-state index in [1.807, 2.05) is 12.1 Å². The number of rotatable bonds is 4. The molecule has 0 aliphatic rings. The highest BCUT2D eigenvalue weighted by Crippen LogP contribution is 2.26. The average Bonchev–Trinajstić information content (AvgIpc) is 2.73. The third kappa shape index (κ3) is 3.55. The van der Waals surface area contributed by atoms with Crippen molar-refractivity contribution in [2.45, 2.75) is 6.92 Å². The molecule has 0 radical (unpaired) electrons. The van der Waals surface area contributed by atoms with Crippen molar-refractivity contribution in [3.05, 3.63) is 112 Å². The van der Waals surface area contributed by atoms with Gasteiger partial charge in [-0.3, -0.25) is 10.1 Å². The van der Waals surface area contributed by atoms with Crippen molar-refractivity contribution < 1.29 is 4.92 Å². The van der Waals surface area contributed by atoms with Crippen LogP contribution in [0.2, 0.25) is 0 Å². The molecule has 0 amide bonds. The molecular weight excluding hydrogens is 346 g/mol. The van der Waals surface area contributed by atoms with Crippen LogP contribution in [-0.4, -0.2) is 4.92 Å². The van der Waals surface area contributed by atoms with Crippen LogP contribution < -0.4 is 0 Å². The third-order valence-corrected chi connectivity index (χ3v) is 4.95. The Morgan fingerprint density at radius 1 is 0.750 bits per heavy atom. The maximum absolute atomic E-state index is 10.8. The molecule has 0 aliphatic carbocycles. The second kappa shape index (κ2) is 7.49. The number of hydrogen-bond acceptors (Lipinski definition) is 2. The summed E-state index contributed by atoms with van der Waals surface area (Å²) in [5.41, 5.74) is 5.70. The van der Waals surface area contributed by atoms with E-state index >= 15 is 0 Å². The largest absolute Gasteiger partial charge is 0.269 e. The van der Waals surface area contributed by atoms with Crippen LogP contribution in [0.3, 0.4) is 0 Å². The first-order valence-corrected chi connectivity index (χ1v) is 9.13. The predicted molar refractivity (Wildman–Crippen MR) is 116 cm³/mol. The van der Waals surface area contributed by atoms with E-state index in [1.54, 1.807) is 12.1 Å². The smallest absolute Gasteiger partial charge is 0.258 e. The van der Waals surface area contributed by atoms with Crippen molar-refractivity contribution in [3.8, 4) is 11.1 Å². The van der Waals surface area contributed by atoms with E-state index in [0.29, 0.717) is 0 Å². The van der Waals surface area contributed by atoms with Gasteiger partial charge in [0.1, 0.15) is 0 Å². The second-order valence-electron chi connectivity index (χ2n) is 6.78. The highest BCUT2D eigenvalue weighted by molar-refractivity contribution is 5.94. The molecule has 0 atom stereocenters. The van der Waals surface area contributed by atoms with E-state index in [-0.39, 0.29) is 10.6 Å². The molecule has 0 bridgehead atoms. The molecule has 3 heteroatoms. The SMILES string of the molecule is Cc1ccc2ccccc2c1C=Cc1ccc(-c2ccc([N+](=O)[O-])cc2)cc1. The number of nitro groups is 1. The summed E-state index contributed by atoms with van der Waals surface area (Å²) in [5.74, 6) is 0. The van der Waals surface area contributed by atoms with E-state index in [0.717, 1.165) is 16.7 Å². The number of fused-ring (bicyclic) bond motifs is 1. The van der Waals surface area contributed by atoms with Crippen LogP contribution in [0.4, 0.5) is 5.69 Å². The zero-order chi connectivity index (χ0) is 19.5. The van der Waals surface area contributed by atoms with Crippen LogP contribution in [0.5, 0.6) is 0 Å². The highest BCUT2D eigenvalue weighted by atomic mass is 16.6. The summed E-state index contributed by atoms with van der Waals surface area (Å²) < 4.78 is 0. The molecule has 4 aromatic rings. The van der Waals surface area contributed by atoms with Gasteiger partial charge in [0.05, 0.1) is 4.92 Å². The molecule has 0 fully saturated rings. The van der Waals surface area contributed by atoms with Crippen LogP contribution in [0, 0.1) is 17.0 Å². The Balaban J connectivity index is 1.60. The van der Waals surface area contributed by atoms with Gasteiger partial charge in [-0.15, -0.1) is 0 Å². The Morgan fingerprint density at radius 3 is 2.07 bits per heavy atom. The monoisotopic (exact) mass is 365 g/mol. The normalized spacial score (nSPS) is 11.2. The summed E-state index contributed by atoms with van der Waals surface area (Å²) in [4.78, 5) is 10.4. The van der Waals surface area contributed by atoms with Gasteiger partial charge in [0, 0.05) is 12.1 Å². The fourth-order valence-electron chi connectivity index (χ4n) is 3.37. The van der Waals surface area contributed by atoms with Gasteiger partial charge < -0.3 is 0 Å². The van der Waals surface area contributed by atoms with Gasteiger partial charge in [0.25, 0.3) is 5.69 Å². The van der Waals surface area contributed by atoms with Crippen molar-refractivity contribution in [2.75, 3.05) is 0 Å². The fourth-order valence-corrected chi connectivity index (χ4v) is 3.37. The number of nitro benzene ring substituents is 1. The van der Waals surface area contributed by atoms with E-state index in [4.69, 9.17) is 0 Å². The van der Waals surface area contributed by atoms with Gasteiger partial charge in [-0.2, -0.15) is 0 Å². The molecule has 0 N–H and O–H groups in total. The molecule has 0 unspecified atom stereocenters. The lowest BCUT2D eigenvalue weighted by atomic mass is 9.98. The van der Waals surface area contributed by atoms with Crippen LogP contribution in [0.1, 0.15) is 16.7 Å². The number of aryl methyl sites for hydroxylation is 1. The van der Waals surface area contributed by atoms with Gasteiger partial charge >= 0.3 is 0 Å². The minimum atomic E-state index is -0.382. The summed E-state index contributed by atoms with van der Waals surface area (Å²) in [6.07, 6.45) is 4.28. The Labute approximate surface area is 163 Å². The summed E-state index contributed by atoms with van der Waals surface area (Å²) in [6, 6.07) is 27.5. The van der Waals surface area contributed by atoms with E-state index < -0.39 is 0 Å². The summed E-state index contributed by atoms with van der Waals surface area (Å²) >= 11 is 0. The minimum absolute atomic E-state index is 0.105. The second-order valence-corrected chi connectivity index (χ2v) is 6.78. The maximum atomic E-state index is 10.8. The zero-order valence-electron chi connectivity index (χ0n) is 15.5. The number of hydrogen-bond donors (Lipinski definition) is 0. The molecule has 0 saturated carbocycles. The van der Waals surface area contributed by atoms with Crippen molar-refractivity contribution in [1.82, 2.24) is 0 Å². The van der Waals surface area contributed by atoms with Crippen LogP contribution >= 0.6 is 0 Å². The molecule has 3 nitrogen and oxygen atoms in total. The maximum Gasteiger partial charge on any atom is 0.269 e. The number of non-ortho nitro benzene ring substituents is 1. The molecule has 0 heterocycles. The molecule has 4 aromatic carbocycles. The van der Waals surface area contributed by atoms with Gasteiger partial charge in [-0.25, -0.2) is 0 Å². The van der Waals surface area contributed by atoms with Gasteiger partial charge in [-0.1, -0.05) is 72.8 Å². The molecule has 0 aliphatic heterocycles. The van der Waals surface area contributed by atoms with E-state index in [1.165, 1.54) is 34.0 Å². The summed E-state index contributed by atoms with van der Waals surface area (Å²) in [5, 5.41) is 13.3. The van der Waals surface area contributed by atoms with Crippen LogP contribution in [0.15, 0.2) is 84.9 Å². The molecule has 0 spiro atoms. The molecule has 4 rings (SSSR count). The number of nitrogens with zero attached hydrogens (tertiary/aromatic N) is 1. The van der Waals surface area contributed by atoms with Gasteiger partial charge in [0.2, 0.25) is 0 Å². The van der Waals surface area contributed by atoms with Crippen LogP contribution in [0.25, 0.3) is 34.1 Å². The highest BCUT2D eigenvalue weighted by Gasteiger charge is 2.05. The standard InChI is InChI=1S/C25H19NO2/c1-18-6-10-22-4-2-3-5-25(22)24(18)17-9-19-7-11-20(12-8-19)21-13-15-23(16-14-21)26(27)28/h2-17H,1H3. The molecule has 0 saturated heterocycles. The predicted octanol–water partition coefficient (Wildman–Crippen LogP) is 6.89. The lowest BCUT2D eigenvalue weighted by Crippen LogP contribution is -1.87. The Kier molecular flexibility index (Phi) is 4.73. The first-order chi connectivity index (χ1) is 13.6. The topological polar surface area (TPSA) is 43.1 Å². The van der Waals surface area contributed by atoms with Crippen molar-refractivity contribution in [2.24, 2.45) is 0 Å². The molecular formula is C25H19NO2. The van der Waals surface area contributed by atoms with E-state index in [9.17, 15) is 10.1 Å². The summed E-state index contributed by atoms with van der Waals surface area (Å²) in [7, 11) is 0. The Morgan fingerprint density at radius 2 is 1.39 bits per heavy atom. The van der Waals surface area contributed by atoms with Crippen LogP contribution in [-0.2, 0) is 0 Å². The number of benzene rings is 4. The van der Waals surface area contributed by atoms with Crippen molar-refractivity contribution in [3.63, 3.8) is 0 Å². The van der Waals surface area contributed by atoms with Crippen molar-refractivity contribution in [1.29, 1.82) is 0 Å². The Hall–Kier alpha value is -3.72. The first kappa shape index (κ1) is 17.7. The summed E-state index contributed by atoms with van der Waals surface area (Å²) in [6.45, 7) is 2.13. The Bertz CT molecular complexity index is 1170. The quantitative estimate of drug-likeness (QED) is 0.224.